The minimum atomic E-state index is -0.240. The zero-order valence-electron chi connectivity index (χ0n) is 15.3. The molecule has 8 nitrogen and oxygen atoms in total. The van der Waals surface area contributed by atoms with Gasteiger partial charge in [-0.15, -0.1) is 5.10 Å². The van der Waals surface area contributed by atoms with Gasteiger partial charge in [-0.2, -0.15) is 5.10 Å². The number of hydrogen-bond donors (Lipinski definition) is 1. The third kappa shape index (κ3) is 2.50. The van der Waals surface area contributed by atoms with Gasteiger partial charge in [-0.3, -0.25) is 14.6 Å². The summed E-state index contributed by atoms with van der Waals surface area (Å²) in [6, 6.07) is 3.46. The van der Waals surface area contributed by atoms with E-state index in [1.54, 1.807) is 24.5 Å². The van der Waals surface area contributed by atoms with Gasteiger partial charge in [0, 0.05) is 19.3 Å². The zero-order valence-corrected chi connectivity index (χ0v) is 15.3. The number of amides is 1. The van der Waals surface area contributed by atoms with E-state index < -0.39 is 0 Å². The van der Waals surface area contributed by atoms with Crippen molar-refractivity contribution in [1.82, 2.24) is 29.3 Å². The Hall–Kier alpha value is -2.90. The Balaban J connectivity index is 1.46. The summed E-state index contributed by atoms with van der Waals surface area (Å²) in [4.78, 5) is 30.0. The maximum atomic E-state index is 13.1. The largest absolute Gasteiger partial charge is 0.338 e. The molecule has 1 spiro atoms. The second-order valence-electron chi connectivity index (χ2n) is 7.86. The molecule has 27 heavy (non-hydrogen) atoms. The molecule has 3 aromatic rings. The summed E-state index contributed by atoms with van der Waals surface area (Å²) in [6.45, 7) is 3.50. The van der Waals surface area contributed by atoms with Crippen LogP contribution in [0.2, 0.25) is 0 Å². The quantitative estimate of drug-likeness (QED) is 0.750. The predicted molar refractivity (Wildman–Crippen MR) is 99.1 cm³/mol. The maximum Gasteiger partial charge on any atom is 0.276 e. The minimum Gasteiger partial charge on any atom is -0.338 e. The van der Waals surface area contributed by atoms with Crippen LogP contribution in [-0.2, 0) is 0 Å². The van der Waals surface area contributed by atoms with Gasteiger partial charge in [-0.05, 0) is 43.7 Å². The summed E-state index contributed by atoms with van der Waals surface area (Å²) >= 11 is 0. The molecule has 3 aromatic heterocycles. The number of rotatable bonds is 2. The highest BCUT2D eigenvalue weighted by Gasteiger charge is 2.42. The number of likely N-dealkylation sites (tertiary alicyclic amines) is 1. The summed E-state index contributed by atoms with van der Waals surface area (Å²) < 4.78 is 3.04. The first-order valence-electron chi connectivity index (χ1n) is 9.48. The molecule has 1 aliphatic carbocycles. The van der Waals surface area contributed by atoms with Crippen LogP contribution < -0.4 is 5.56 Å². The van der Waals surface area contributed by atoms with Gasteiger partial charge in [0.25, 0.3) is 11.5 Å². The lowest BCUT2D eigenvalue weighted by molar-refractivity contribution is 0.0772. The van der Waals surface area contributed by atoms with Gasteiger partial charge in [-0.1, -0.05) is 12.8 Å². The summed E-state index contributed by atoms with van der Waals surface area (Å²) in [5.41, 5.74) is 1.82. The number of hydrogen-bond acceptors (Lipinski definition) is 4. The van der Waals surface area contributed by atoms with Crippen LogP contribution in [0, 0.1) is 12.3 Å². The molecule has 1 saturated heterocycles. The van der Waals surface area contributed by atoms with Crippen molar-refractivity contribution in [1.29, 1.82) is 0 Å². The number of aromatic nitrogens is 5. The molecular formula is C19H22N6O2. The Labute approximate surface area is 155 Å². The molecule has 140 valence electrons. The van der Waals surface area contributed by atoms with E-state index in [0.717, 1.165) is 19.5 Å². The predicted octanol–water partition coefficient (Wildman–Crippen LogP) is 1.92. The highest BCUT2D eigenvalue weighted by atomic mass is 16.2. The minimum absolute atomic E-state index is 0.0203. The fraction of sp³-hybridized carbons (Fsp3) is 0.474. The Morgan fingerprint density at radius 2 is 2.07 bits per heavy atom. The molecule has 8 heteroatoms. The van der Waals surface area contributed by atoms with E-state index in [1.165, 1.54) is 34.9 Å². The van der Waals surface area contributed by atoms with E-state index in [9.17, 15) is 9.59 Å². The normalized spacial score (nSPS) is 18.8. The Bertz CT molecular complexity index is 1090. The SMILES string of the molecule is Cc1c(C(=O)N2CCC3(CCCC3)C2)cnn1-c1nn2cccc2c(=O)[nH]1. The van der Waals surface area contributed by atoms with Crippen molar-refractivity contribution in [3.63, 3.8) is 0 Å². The fourth-order valence-electron chi connectivity index (χ4n) is 4.67. The number of nitrogens with one attached hydrogen (secondary N) is 1. The number of fused-ring (bicyclic) bond motifs is 1. The number of aromatic amines is 1. The van der Waals surface area contributed by atoms with Gasteiger partial charge in [0.15, 0.2) is 0 Å². The van der Waals surface area contributed by atoms with E-state index in [2.05, 4.69) is 15.2 Å². The van der Waals surface area contributed by atoms with E-state index in [0.29, 0.717) is 28.1 Å². The summed E-state index contributed by atoms with van der Waals surface area (Å²) in [7, 11) is 0. The molecule has 2 aliphatic rings. The molecule has 4 heterocycles. The highest BCUT2D eigenvalue weighted by Crippen LogP contribution is 2.45. The third-order valence-corrected chi connectivity index (χ3v) is 6.22. The monoisotopic (exact) mass is 366 g/mol. The summed E-state index contributed by atoms with van der Waals surface area (Å²) in [5.74, 6) is 0.320. The van der Waals surface area contributed by atoms with E-state index in [1.807, 2.05) is 11.8 Å². The summed E-state index contributed by atoms with van der Waals surface area (Å²) in [6.07, 6.45) is 9.42. The van der Waals surface area contributed by atoms with E-state index in [-0.39, 0.29) is 11.5 Å². The average Bonchev–Trinajstić information content (AvgIpc) is 3.43. The van der Waals surface area contributed by atoms with Gasteiger partial charge in [-0.25, -0.2) is 9.20 Å². The van der Waals surface area contributed by atoms with Crippen molar-refractivity contribution in [2.45, 2.75) is 39.0 Å². The number of nitrogens with zero attached hydrogens (tertiary/aromatic N) is 5. The molecular weight excluding hydrogens is 344 g/mol. The second kappa shape index (κ2) is 5.80. The number of carbonyl (C=O) groups is 1. The second-order valence-corrected chi connectivity index (χ2v) is 7.86. The molecule has 0 bridgehead atoms. The first-order valence-corrected chi connectivity index (χ1v) is 9.48. The van der Waals surface area contributed by atoms with Gasteiger partial charge >= 0.3 is 0 Å². The lowest BCUT2D eigenvalue weighted by Crippen LogP contribution is -2.31. The topological polar surface area (TPSA) is 88.3 Å². The van der Waals surface area contributed by atoms with Crippen molar-refractivity contribution in [2.75, 3.05) is 13.1 Å². The Morgan fingerprint density at radius 1 is 1.26 bits per heavy atom. The molecule has 5 rings (SSSR count). The fourth-order valence-corrected chi connectivity index (χ4v) is 4.67. The summed E-state index contributed by atoms with van der Waals surface area (Å²) in [5, 5.41) is 8.71. The van der Waals surface area contributed by atoms with Crippen molar-refractivity contribution >= 4 is 11.4 Å². The van der Waals surface area contributed by atoms with Gasteiger partial charge < -0.3 is 4.90 Å². The molecule has 1 aliphatic heterocycles. The molecule has 0 atom stereocenters. The van der Waals surface area contributed by atoms with Crippen LogP contribution in [0.3, 0.4) is 0 Å². The average molecular weight is 366 g/mol. The third-order valence-electron chi connectivity index (χ3n) is 6.22. The van der Waals surface area contributed by atoms with Crippen molar-refractivity contribution in [2.24, 2.45) is 5.41 Å². The lowest BCUT2D eigenvalue weighted by Gasteiger charge is -2.23. The van der Waals surface area contributed by atoms with Crippen molar-refractivity contribution in [3.8, 4) is 5.95 Å². The maximum absolute atomic E-state index is 13.1. The highest BCUT2D eigenvalue weighted by molar-refractivity contribution is 5.95. The van der Waals surface area contributed by atoms with Gasteiger partial charge in [0.05, 0.1) is 17.5 Å². The molecule has 2 fully saturated rings. The molecule has 1 saturated carbocycles. The molecule has 1 amide bonds. The van der Waals surface area contributed by atoms with Crippen LogP contribution in [-0.4, -0.2) is 48.3 Å². The Kier molecular flexibility index (Phi) is 3.50. The lowest BCUT2D eigenvalue weighted by atomic mass is 9.86. The van der Waals surface area contributed by atoms with E-state index in [4.69, 9.17) is 0 Å². The number of H-pyrrole nitrogens is 1. The van der Waals surface area contributed by atoms with Gasteiger partial charge in [0.2, 0.25) is 5.95 Å². The standard InChI is InChI=1S/C19H22N6O2/c1-13-14(17(27)23-10-8-19(12-23)6-2-3-7-19)11-20-25(13)18-21-16(26)15-5-4-9-24(15)22-18/h4-5,9,11H,2-3,6-8,10,12H2,1H3,(H,21,22,26). The molecule has 1 N–H and O–H groups in total. The number of carbonyl (C=O) groups excluding carboxylic acids is 1. The van der Waals surface area contributed by atoms with Crippen molar-refractivity contribution in [3.05, 3.63) is 46.1 Å². The van der Waals surface area contributed by atoms with Crippen molar-refractivity contribution < 1.29 is 4.79 Å². The first-order chi connectivity index (χ1) is 13.1. The van der Waals surface area contributed by atoms with Crippen LogP contribution in [0.25, 0.3) is 11.5 Å². The Morgan fingerprint density at radius 3 is 2.89 bits per heavy atom. The van der Waals surface area contributed by atoms with Gasteiger partial charge in [0.1, 0.15) is 5.52 Å². The van der Waals surface area contributed by atoms with E-state index >= 15 is 0 Å². The smallest absolute Gasteiger partial charge is 0.276 e. The molecule has 0 aromatic carbocycles. The molecule has 0 unspecified atom stereocenters. The van der Waals surface area contributed by atoms with Crippen LogP contribution >= 0.6 is 0 Å². The molecule has 0 radical (unpaired) electrons. The van der Waals surface area contributed by atoms with Crippen LogP contribution in [0.5, 0.6) is 0 Å². The van der Waals surface area contributed by atoms with Crippen LogP contribution in [0.4, 0.5) is 0 Å². The van der Waals surface area contributed by atoms with Crippen LogP contribution in [0.1, 0.15) is 48.2 Å². The van der Waals surface area contributed by atoms with Crippen LogP contribution in [0.15, 0.2) is 29.3 Å². The zero-order chi connectivity index (χ0) is 18.6. The first kappa shape index (κ1) is 16.3.